The molecule has 2 N–H and O–H groups in total. The Morgan fingerprint density at radius 2 is 1.76 bits per heavy atom. The van der Waals surface area contributed by atoms with Gasteiger partial charge in [-0.25, -0.2) is 0 Å². The van der Waals surface area contributed by atoms with Crippen LogP contribution in [0.3, 0.4) is 0 Å². The van der Waals surface area contributed by atoms with Gasteiger partial charge in [0.15, 0.2) is 0 Å². The number of nitrogens with zero attached hydrogens (tertiary/aromatic N) is 3. The predicted molar refractivity (Wildman–Crippen MR) is 128 cm³/mol. The number of benzene rings is 2. The van der Waals surface area contributed by atoms with Gasteiger partial charge in [-0.1, -0.05) is 47.6 Å². The van der Waals surface area contributed by atoms with E-state index in [1.807, 2.05) is 42.5 Å². The number of rotatable bonds is 7. The Balaban J connectivity index is 1.47. The Bertz CT molecular complexity index is 1150. The second-order valence-corrected chi connectivity index (χ2v) is 7.98. The zero-order valence-electron chi connectivity index (χ0n) is 18.8. The van der Waals surface area contributed by atoms with E-state index in [0.29, 0.717) is 16.8 Å². The summed E-state index contributed by atoms with van der Waals surface area (Å²) >= 11 is 0. The number of aliphatic hydroxyl groups is 1. The van der Waals surface area contributed by atoms with E-state index < -0.39 is 12.1 Å². The number of aromatic nitrogens is 1. The molecule has 1 aliphatic heterocycles. The Morgan fingerprint density at radius 3 is 2.44 bits per heavy atom. The molecule has 8 nitrogen and oxygen atoms in total. The van der Waals surface area contributed by atoms with Crippen molar-refractivity contribution in [3.8, 4) is 11.1 Å². The lowest BCUT2D eigenvalue weighted by Crippen LogP contribution is -2.46. The van der Waals surface area contributed by atoms with Gasteiger partial charge in [-0.05, 0) is 41.0 Å². The monoisotopic (exact) mass is 458 g/mol. The number of hydrogen-bond acceptors (Lipinski definition) is 6. The molecule has 3 aromatic rings. The minimum absolute atomic E-state index is 0.0404. The van der Waals surface area contributed by atoms with E-state index in [1.54, 1.807) is 36.7 Å². The van der Waals surface area contributed by atoms with E-state index in [9.17, 15) is 14.7 Å². The second kappa shape index (κ2) is 10.7. The molecule has 2 atom stereocenters. The maximum Gasteiger partial charge on any atom is 0.254 e. The van der Waals surface area contributed by atoms with E-state index in [-0.39, 0.29) is 31.3 Å². The molecule has 8 heteroatoms. The van der Waals surface area contributed by atoms with Crippen LogP contribution >= 0.6 is 0 Å². The quantitative estimate of drug-likeness (QED) is 0.530. The summed E-state index contributed by atoms with van der Waals surface area (Å²) in [7, 11) is 1.43. The van der Waals surface area contributed by atoms with E-state index in [0.717, 1.165) is 11.1 Å². The van der Waals surface area contributed by atoms with Crippen LogP contribution in [-0.4, -0.2) is 58.8 Å². The van der Waals surface area contributed by atoms with Crippen molar-refractivity contribution in [3.05, 3.63) is 90.3 Å². The van der Waals surface area contributed by atoms with Gasteiger partial charge in [0.25, 0.3) is 5.91 Å². The van der Waals surface area contributed by atoms with Gasteiger partial charge in [-0.2, -0.15) is 0 Å². The Labute approximate surface area is 197 Å². The number of aliphatic hydroxyl groups excluding tert-OH is 1. The van der Waals surface area contributed by atoms with Gasteiger partial charge >= 0.3 is 0 Å². The molecule has 0 saturated carbocycles. The number of nitrogens with one attached hydrogen (secondary N) is 1. The van der Waals surface area contributed by atoms with Crippen molar-refractivity contribution < 1.29 is 19.5 Å². The van der Waals surface area contributed by atoms with Gasteiger partial charge < -0.3 is 20.2 Å². The van der Waals surface area contributed by atoms with E-state index in [2.05, 4.69) is 15.5 Å². The highest BCUT2D eigenvalue weighted by Gasteiger charge is 2.38. The van der Waals surface area contributed by atoms with Gasteiger partial charge in [0.2, 0.25) is 5.91 Å². The molecule has 0 bridgehead atoms. The van der Waals surface area contributed by atoms with Crippen LogP contribution in [0.4, 0.5) is 0 Å². The molecule has 0 radical (unpaired) electrons. The van der Waals surface area contributed by atoms with Gasteiger partial charge in [-0.15, -0.1) is 0 Å². The van der Waals surface area contributed by atoms with Crippen molar-refractivity contribution in [3.63, 3.8) is 0 Å². The fourth-order valence-corrected chi connectivity index (χ4v) is 3.97. The van der Waals surface area contributed by atoms with Crippen LogP contribution in [0.15, 0.2) is 84.3 Å². The topological polar surface area (TPSA) is 104 Å². The van der Waals surface area contributed by atoms with Gasteiger partial charge in [0.1, 0.15) is 13.2 Å². The van der Waals surface area contributed by atoms with Crippen LogP contribution in [0.1, 0.15) is 28.4 Å². The fourth-order valence-electron chi connectivity index (χ4n) is 3.97. The van der Waals surface area contributed by atoms with Crippen molar-refractivity contribution in [1.29, 1.82) is 0 Å². The fraction of sp³-hybridized carbons (Fsp3) is 0.231. The Morgan fingerprint density at radius 1 is 1.09 bits per heavy atom. The first-order valence-electron chi connectivity index (χ1n) is 11.0. The third-order valence-corrected chi connectivity index (χ3v) is 5.74. The number of carbonyl (C=O) groups is 2. The Kier molecular flexibility index (Phi) is 7.29. The van der Waals surface area contributed by atoms with Gasteiger partial charge in [0, 0.05) is 30.9 Å². The van der Waals surface area contributed by atoms with Crippen molar-refractivity contribution in [2.45, 2.75) is 18.6 Å². The lowest BCUT2D eigenvalue weighted by atomic mass is 10.0. The molecule has 34 heavy (non-hydrogen) atoms. The summed E-state index contributed by atoms with van der Waals surface area (Å²) in [5.74, 6) is -0.621. The minimum Gasteiger partial charge on any atom is -0.399 e. The smallest absolute Gasteiger partial charge is 0.254 e. The van der Waals surface area contributed by atoms with Crippen LogP contribution in [0.25, 0.3) is 11.1 Å². The summed E-state index contributed by atoms with van der Waals surface area (Å²) in [6.07, 6.45) is 2.85. The first-order chi connectivity index (χ1) is 16.6. The van der Waals surface area contributed by atoms with Crippen LogP contribution in [0, 0.1) is 0 Å². The standard InChI is InChI=1S/C26H26N4O4/c1-34-29-22-15-23(25(32)28-16-24(31)20-5-3-2-4-6-20)30(17-22)26(33)21-9-7-18(8-10-21)19-11-13-27-14-12-19/h2-14,23-24,31H,15-17H2,1H3,(H,28,32)/b29-22-/t23-,24+/m0/s1. The highest BCUT2D eigenvalue weighted by atomic mass is 16.6. The summed E-state index contributed by atoms with van der Waals surface area (Å²) in [5, 5.41) is 17.1. The molecule has 0 aliphatic carbocycles. The number of carbonyl (C=O) groups excluding carboxylic acids is 2. The predicted octanol–water partition coefficient (Wildman–Crippen LogP) is 2.82. The molecule has 174 valence electrons. The number of oxime groups is 1. The molecule has 0 unspecified atom stereocenters. The maximum absolute atomic E-state index is 13.3. The van der Waals surface area contributed by atoms with Gasteiger partial charge in [-0.3, -0.25) is 14.6 Å². The van der Waals surface area contributed by atoms with E-state index in [1.165, 1.54) is 12.0 Å². The zero-order valence-corrected chi connectivity index (χ0v) is 18.8. The van der Waals surface area contributed by atoms with Crippen molar-refractivity contribution in [2.24, 2.45) is 5.16 Å². The number of pyridine rings is 1. The highest BCUT2D eigenvalue weighted by molar-refractivity contribution is 6.05. The summed E-state index contributed by atoms with van der Waals surface area (Å²) in [5.41, 5.74) is 3.75. The zero-order chi connectivity index (χ0) is 23.9. The van der Waals surface area contributed by atoms with E-state index >= 15 is 0 Å². The van der Waals surface area contributed by atoms with E-state index in [4.69, 9.17) is 4.84 Å². The number of likely N-dealkylation sites (tertiary alicyclic amines) is 1. The third kappa shape index (κ3) is 5.29. The summed E-state index contributed by atoms with van der Waals surface area (Å²) < 4.78 is 0. The van der Waals surface area contributed by atoms with Crippen molar-refractivity contribution in [1.82, 2.24) is 15.2 Å². The molecular formula is C26H26N4O4. The average Bonchev–Trinajstić information content (AvgIpc) is 3.32. The molecular weight excluding hydrogens is 432 g/mol. The first kappa shape index (κ1) is 23.1. The lowest BCUT2D eigenvalue weighted by molar-refractivity contribution is -0.125. The second-order valence-electron chi connectivity index (χ2n) is 7.98. The van der Waals surface area contributed by atoms with Gasteiger partial charge in [0.05, 0.1) is 18.4 Å². The van der Waals surface area contributed by atoms with Crippen LogP contribution in [0.2, 0.25) is 0 Å². The van der Waals surface area contributed by atoms with Crippen LogP contribution in [-0.2, 0) is 9.63 Å². The SMILES string of the molecule is CO/N=C1/C[C@@H](C(=O)NC[C@@H](O)c2ccccc2)N(C(=O)c2ccc(-c3ccncc3)cc2)C1. The average molecular weight is 459 g/mol. The molecule has 2 heterocycles. The molecule has 1 aromatic heterocycles. The van der Waals surface area contributed by atoms with Crippen LogP contribution < -0.4 is 5.32 Å². The molecule has 0 spiro atoms. The molecule has 1 aliphatic rings. The molecule has 2 amide bonds. The molecule has 1 saturated heterocycles. The first-order valence-corrected chi connectivity index (χ1v) is 11.0. The summed E-state index contributed by atoms with van der Waals surface area (Å²) in [4.78, 5) is 36.7. The van der Waals surface area contributed by atoms with Crippen LogP contribution in [0.5, 0.6) is 0 Å². The third-order valence-electron chi connectivity index (χ3n) is 5.74. The lowest BCUT2D eigenvalue weighted by Gasteiger charge is -2.24. The number of hydrogen-bond donors (Lipinski definition) is 2. The molecule has 1 fully saturated rings. The normalized spacial score (nSPS) is 17.4. The summed E-state index contributed by atoms with van der Waals surface area (Å²) in [6.45, 7) is 0.233. The highest BCUT2D eigenvalue weighted by Crippen LogP contribution is 2.23. The molecule has 4 rings (SSSR count). The Hall–Kier alpha value is -4.04. The largest absolute Gasteiger partial charge is 0.399 e. The van der Waals surface area contributed by atoms with Crippen molar-refractivity contribution in [2.75, 3.05) is 20.2 Å². The minimum atomic E-state index is -0.844. The maximum atomic E-state index is 13.3. The number of amides is 2. The summed E-state index contributed by atoms with van der Waals surface area (Å²) in [6, 6.07) is 19.4. The molecule has 2 aromatic carbocycles. The van der Waals surface area contributed by atoms with Crippen molar-refractivity contribution >= 4 is 17.5 Å².